The molecule has 0 heterocycles. The van der Waals surface area contributed by atoms with E-state index in [1.54, 1.807) is 0 Å². The van der Waals surface area contributed by atoms with E-state index in [0.29, 0.717) is 0 Å². The summed E-state index contributed by atoms with van der Waals surface area (Å²) in [4.78, 5) is 0. The van der Waals surface area contributed by atoms with E-state index in [1.807, 2.05) is 0 Å². The third-order valence-electron chi connectivity index (χ3n) is 7.25. The summed E-state index contributed by atoms with van der Waals surface area (Å²) in [5, 5.41) is 5.39. The first-order valence-corrected chi connectivity index (χ1v) is 12.2. The van der Waals surface area contributed by atoms with Crippen molar-refractivity contribution in [2.75, 3.05) is 0 Å². The van der Waals surface area contributed by atoms with Gasteiger partial charge < -0.3 is 0 Å². The second-order valence-electron chi connectivity index (χ2n) is 9.39. The Hall–Kier alpha value is -3.02. The van der Waals surface area contributed by atoms with Crippen LogP contribution in [-0.4, -0.2) is 0 Å². The van der Waals surface area contributed by atoms with Gasteiger partial charge >= 0.3 is 26.2 Å². The number of hydrogen-bond acceptors (Lipinski definition) is 0. The summed E-state index contributed by atoms with van der Waals surface area (Å²) in [5.74, 6) is 0. The van der Waals surface area contributed by atoms with Crippen molar-refractivity contribution in [3.05, 3.63) is 131 Å². The van der Waals surface area contributed by atoms with Gasteiger partial charge in [-0.15, -0.1) is 47.5 Å². The molecule has 0 aliphatic rings. The molecule has 6 aromatic rings. The molecular formula is C34H28Zr. The van der Waals surface area contributed by atoms with Crippen molar-refractivity contribution in [1.29, 1.82) is 0 Å². The number of aryl methyl sites for hydroxylation is 4. The maximum absolute atomic E-state index is 2.41. The van der Waals surface area contributed by atoms with Crippen LogP contribution in [0.3, 0.4) is 0 Å². The van der Waals surface area contributed by atoms with Crippen molar-refractivity contribution in [3.63, 3.8) is 0 Å². The molecule has 1 heteroatoms. The molecule has 0 saturated heterocycles. The first-order valence-electron chi connectivity index (χ1n) is 12.2. The Morgan fingerprint density at radius 1 is 0.486 bits per heavy atom. The molecule has 6 aromatic carbocycles. The number of benzene rings is 4. The molecule has 0 fully saturated rings. The Kier molecular flexibility index (Phi) is 6.72. The van der Waals surface area contributed by atoms with E-state index < -0.39 is 0 Å². The second-order valence-corrected chi connectivity index (χ2v) is 9.39. The first-order chi connectivity index (χ1) is 16.7. The molecule has 168 valence electrons. The minimum Gasteiger partial charge on any atom is -0.126 e. The zero-order valence-corrected chi connectivity index (χ0v) is 22.8. The first kappa shape index (κ1) is 23.7. The third-order valence-corrected chi connectivity index (χ3v) is 7.25. The van der Waals surface area contributed by atoms with Crippen LogP contribution in [0.2, 0.25) is 0 Å². The molecule has 0 saturated carbocycles. The van der Waals surface area contributed by atoms with E-state index in [0.717, 1.165) is 12.8 Å². The molecule has 0 unspecified atom stereocenters. The van der Waals surface area contributed by atoms with Crippen LogP contribution >= 0.6 is 0 Å². The monoisotopic (exact) mass is 526 g/mol. The molecule has 0 atom stereocenters. The van der Waals surface area contributed by atoms with Crippen molar-refractivity contribution in [2.24, 2.45) is 0 Å². The van der Waals surface area contributed by atoms with Gasteiger partial charge in [-0.1, -0.05) is 142 Å². The topological polar surface area (TPSA) is 0 Å². The van der Waals surface area contributed by atoms with Gasteiger partial charge in [0.2, 0.25) is 0 Å². The SMILES string of the molecule is Cc1ccccc1-[c-]1c(CCc2cc3ccccc3[c-]2-c2ccccc2C)cc2ccccc21.[Zr+2]. The van der Waals surface area contributed by atoms with Gasteiger partial charge in [-0.25, -0.2) is 0 Å². The van der Waals surface area contributed by atoms with E-state index in [4.69, 9.17) is 0 Å². The third kappa shape index (κ3) is 4.28. The van der Waals surface area contributed by atoms with Gasteiger partial charge in [0.15, 0.2) is 0 Å². The van der Waals surface area contributed by atoms with Crippen LogP contribution in [0.5, 0.6) is 0 Å². The van der Waals surface area contributed by atoms with E-state index in [-0.39, 0.29) is 26.2 Å². The van der Waals surface area contributed by atoms with E-state index in [1.165, 1.54) is 66.1 Å². The summed E-state index contributed by atoms with van der Waals surface area (Å²) in [5.41, 5.74) is 11.1. The predicted molar refractivity (Wildman–Crippen MR) is 147 cm³/mol. The normalized spacial score (nSPS) is 11.1. The fraction of sp³-hybridized carbons (Fsp3) is 0.118. The van der Waals surface area contributed by atoms with Gasteiger partial charge in [-0.05, 0) is 12.8 Å². The van der Waals surface area contributed by atoms with Crippen molar-refractivity contribution in [3.8, 4) is 22.3 Å². The van der Waals surface area contributed by atoms with Crippen LogP contribution in [0.4, 0.5) is 0 Å². The average molecular weight is 528 g/mol. The van der Waals surface area contributed by atoms with Crippen molar-refractivity contribution < 1.29 is 26.2 Å². The Morgan fingerprint density at radius 3 is 1.29 bits per heavy atom. The largest absolute Gasteiger partial charge is 2.00 e. The molecule has 35 heavy (non-hydrogen) atoms. The number of rotatable bonds is 5. The van der Waals surface area contributed by atoms with E-state index in [2.05, 4.69) is 123 Å². The van der Waals surface area contributed by atoms with Gasteiger partial charge in [0.25, 0.3) is 0 Å². The summed E-state index contributed by atoms with van der Waals surface area (Å²) in [6.45, 7) is 4.45. The molecule has 0 N–H and O–H groups in total. The smallest absolute Gasteiger partial charge is 0.126 e. The molecule has 0 amide bonds. The zero-order valence-electron chi connectivity index (χ0n) is 20.3. The fourth-order valence-electron chi connectivity index (χ4n) is 5.57. The second kappa shape index (κ2) is 9.92. The minimum absolute atomic E-state index is 0. The Labute approximate surface area is 227 Å². The molecule has 0 spiro atoms. The standard InChI is InChI=1S/C34H28.Zr/c1-23-11-3-7-15-29(23)33-27(21-25-13-5-9-17-31(25)33)19-20-28-22-26-14-6-10-18-32(26)34(28)30-16-8-4-12-24(30)2;/h3-18,21-22H,19-20H2,1-2H3;/q-2;+2. The molecular weight excluding hydrogens is 500 g/mol. The molecule has 0 aliphatic carbocycles. The average Bonchev–Trinajstić information content (AvgIpc) is 3.41. The number of hydrogen-bond donors (Lipinski definition) is 0. The van der Waals surface area contributed by atoms with Crippen molar-refractivity contribution in [1.82, 2.24) is 0 Å². The van der Waals surface area contributed by atoms with Crippen molar-refractivity contribution >= 4 is 21.5 Å². The fourth-order valence-corrected chi connectivity index (χ4v) is 5.57. The summed E-state index contributed by atoms with van der Waals surface area (Å²) in [6, 6.07) is 40.1. The molecule has 0 nitrogen and oxygen atoms in total. The van der Waals surface area contributed by atoms with Crippen molar-refractivity contribution in [2.45, 2.75) is 26.7 Å². The van der Waals surface area contributed by atoms with E-state index >= 15 is 0 Å². The Bertz CT molecular complexity index is 1500. The summed E-state index contributed by atoms with van der Waals surface area (Å²) in [6.07, 6.45) is 2.04. The van der Waals surface area contributed by atoms with Gasteiger partial charge in [0, 0.05) is 0 Å². The predicted octanol–water partition coefficient (Wildman–Crippen LogP) is 9.16. The van der Waals surface area contributed by atoms with Crippen LogP contribution in [0.15, 0.2) is 109 Å². The Morgan fingerprint density at radius 2 is 0.857 bits per heavy atom. The van der Waals surface area contributed by atoms with Gasteiger partial charge in [0.1, 0.15) is 0 Å². The maximum Gasteiger partial charge on any atom is 2.00 e. The minimum atomic E-state index is 0. The molecule has 0 aromatic heterocycles. The van der Waals surface area contributed by atoms with Gasteiger partial charge in [0.05, 0.1) is 0 Å². The number of fused-ring (bicyclic) bond motifs is 2. The quantitative estimate of drug-likeness (QED) is 0.196. The van der Waals surface area contributed by atoms with Crippen LogP contribution in [0, 0.1) is 13.8 Å². The summed E-state index contributed by atoms with van der Waals surface area (Å²) >= 11 is 0. The zero-order chi connectivity index (χ0) is 23.1. The Balaban J connectivity index is 0.00000253. The van der Waals surface area contributed by atoms with Crippen LogP contribution in [-0.2, 0) is 39.0 Å². The van der Waals surface area contributed by atoms with Crippen LogP contribution < -0.4 is 0 Å². The molecule has 0 aliphatic heterocycles. The molecule has 0 radical (unpaired) electrons. The van der Waals surface area contributed by atoms with Gasteiger partial charge in [-0.3, -0.25) is 0 Å². The summed E-state index contributed by atoms with van der Waals surface area (Å²) in [7, 11) is 0. The van der Waals surface area contributed by atoms with E-state index in [9.17, 15) is 0 Å². The van der Waals surface area contributed by atoms with Gasteiger partial charge in [-0.2, -0.15) is 0 Å². The summed E-state index contributed by atoms with van der Waals surface area (Å²) < 4.78 is 0. The maximum atomic E-state index is 2.41. The molecule has 0 bridgehead atoms. The van der Waals surface area contributed by atoms with Crippen LogP contribution in [0.25, 0.3) is 43.8 Å². The molecule has 6 rings (SSSR count). The van der Waals surface area contributed by atoms with Crippen LogP contribution in [0.1, 0.15) is 22.3 Å².